The van der Waals surface area contributed by atoms with Gasteiger partial charge in [-0.05, 0) is 56.0 Å². The van der Waals surface area contributed by atoms with E-state index in [2.05, 4.69) is 31.5 Å². The van der Waals surface area contributed by atoms with Crippen LogP contribution in [0.25, 0.3) is 11.0 Å². The topological polar surface area (TPSA) is 98.8 Å². The van der Waals surface area contributed by atoms with Crippen LogP contribution >= 0.6 is 0 Å². The van der Waals surface area contributed by atoms with Crippen LogP contribution in [0.1, 0.15) is 18.9 Å². The fraction of sp³-hybridized carbons (Fsp3) is 0.421. The van der Waals surface area contributed by atoms with Crippen LogP contribution in [-0.4, -0.2) is 49.7 Å². The molecule has 2 atom stereocenters. The van der Waals surface area contributed by atoms with Crippen molar-refractivity contribution in [3.8, 4) is 0 Å². The van der Waals surface area contributed by atoms with Gasteiger partial charge in [0.25, 0.3) is 0 Å². The number of benzene rings is 1. The van der Waals surface area contributed by atoms with Crippen LogP contribution in [0.3, 0.4) is 0 Å². The van der Waals surface area contributed by atoms with Crippen molar-refractivity contribution >= 4 is 22.6 Å². The van der Waals surface area contributed by atoms with E-state index in [1.54, 1.807) is 18.2 Å². The highest BCUT2D eigenvalue weighted by Gasteiger charge is 2.29. The lowest BCUT2D eigenvalue weighted by molar-refractivity contribution is -0.120. The minimum Gasteiger partial charge on any atom is -0.325 e. The molecule has 1 aliphatic heterocycles. The molecule has 8 heteroatoms. The summed E-state index contributed by atoms with van der Waals surface area (Å²) in [5, 5.41) is 7.18. The second-order valence-electron chi connectivity index (χ2n) is 7.38. The highest BCUT2D eigenvalue weighted by molar-refractivity contribution is 5.96. The zero-order valence-electron chi connectivity index (χ0n) is 15.5. The number of fused-ring (bicyclic) bond motifs is 1. The number of hydrogen-bond acceptors (Lipinski definition) is 4. The van der Waals surface area contributed by atoms with Gasteiger partial charge < -0.3 is 15.3 Å². The number of carbonyl (C=O) groups is 1. The first-order valence-corrected chi connectivity index (χ1v) is 9.22. The number of nitrogens with one attached hydrogen (secondary N) is 3. The molecule has 0 spiro atoms. The monoisotopic (exact) mass is 368 g/mol. The van der Waals surface area contributed by atoms with E-state index in [1.165, 1.54) is 5.56 Å². The van der Waals surface area contributed by atoms with E-state index in [0.717, 1.165) is 31.4 Å². The lowest BCUT2D eigenvalue weighted by Gasteiger charge is -2.23. The molecule has 0 saturated carbocycles. The molecule has 142 valence electrons. The first kappa shape index (κ1) is 17.5. The van der Waals surface area contributed by atoms with Crippen molar-refractivity contribution in [3.05, 3.63) is 46.6 Å². The largest absolute Gasteiger partial charge is 0.325 e. The van der Waals surface area contributed by atoms with Gasteiger partial charge in [-0.25, -0.2) is 4.79 Å². The standard InChI is InChI=1S/C19H24N6O2/c1-12(25-6-5-13(11-25)7-14-9-20-24(2)10-14)18(26)21-15-3-4-16-17(8-15)23-19(27)22-16/h3-4,8-10,12-13H,5-7,11H2,1-2H3,(H,21,26)(H2,22,23,27). The molecule has 1 aromatic carbocycles. The average molecular weight is 368 g/mol. The van der Waals surface area contributed by atoms with E-state index in [4.69, 9.17) is 0 Å². The van der Waals surface area contributed by atoms with Crippen LogP contribution in [0.5, 0.6) is 0 Å². The molecule has 1 aliphatic rings. The van der Waals surface area contributed by atoms with Crippen LogP contribution < -0.4 is 11.0 Å². The van der Waals surface area contributed by atoms with Crippen molar-refractivity contribution in [1.82, 2.24) is 24.6 Å². The molecular formula is C19H24N6O2. The molecule has 8 nitrogen and oxygen atoms in total. The van der Waals surface area contributed by atoms with Crippen LogP contribution in [0.2, 0.25) is 0 Å². The molecule has 1 fully saturated rings. The van der Waals surface area contributed by atoms with Gasteiger partial charge in [0.2, 0.25) is 5.91 Å². The molecular weight excluding hydrogens is 344 g/mol. The summed E-state index contributed by atoms with van der Waals surface area (Å²) in [6.07, 6.45) is 6.06. The van der Waals surface area contributed by atoms with Crippen molar-refractivity contribution in [2.24, 2.45) is 13.0 Å². The van der Waals surface area contributed by atoms with Gasteiger partial charge in [0, 0.05) is 25.5 Å². The van der Waals surface area contributed by atoms with Crippen LogP contribution in [0, 0.1) is 5.92 Å². The van der Waals surface area contributed by atoms with Gasteiger partial charge in [0.1, 0.15) is 0 Å². The Morgan fingerprint density at radius 3 is 2.96 bits per heavy atom. The number of aromatic amines is 2. The summed E-state index contributed by atoms with van der Waals surface area (Å²) in [6, 6.07) is 5.15. The Morgan fingerprint density at radius 2 is 2.19 bits per heavy atom. The number of imidazole rings is 1. The summed E-state index contributed by atoms with van der Waals surface area (Å²) in [6.45, 7) is 3.77. The summed E-state index contributed by atoms with van der Waals surface area (Å²) in [5.74, 6) is 0.514. The number of aromatic nitrogens is 4. The summed E-state index contributed by atoms with van der Waals surface area (Å²) >= 11 is 0. The number of hydrogen-bond donors (Lipinski definition) is 3. The maximum Gasteiger partial charge on any atom is 0.323 e. The Morgan fingerprint density at radius 1 is 1.37 bits per heavy atom. The Bertz CT molecular complexity index is 1020. The number of nitrogens with zero attached hydrogens (tertiary/aromatic N) is 3. The number of anilines is 1. The molecule has 0 bridgehead atoms. The first-order valence-electron chi connectivity index (χ1n) is 9.22. The Kier molecular flexibility index (Phi) is 4.57. The van der Waals surface area contributed by atoms with Gasteiger partial charge in [0.05, 0.1) is 23.3 Å². The molecule has 2 aromatic heterocycles. The Balaban J connectivity index is 1.36. The molecule has 1 saturated heterocycles. The third kappa shape index (κ3) is 3.80. The van der Waals surface area contributed by atoms with Gasteiger partial charge >= 0.3 is 5.69 Å². The van der Waals surface area contributed by atoms with Crippen molar-refractivity contribution in [1.29, 1.82) is 0 Å². The third-order valence-corrected chi connectivity index (χ3v) is 5.31. The SMILES string of the molecule is CC(C(=O)Nc1ccc2[nH]c(=O)[nH]c2c1)N1CCC(Cc2cnn(C)c2)C1. The Labute approximate surface area is 156 Å². The summed E-state index contributed by atoms with van der Waals surface area (Å²) in [5.41, 5.74) is 3.08. The molecule has 1 amide bonds. The highest BCUT2D eigenvalue weighted by atomic mass is 16.2. The van der Waals surface area contributed by atoms with Gasteiger partial charge in [-0.2, -0.15) is 5.10 Å². The minimum atomic E-state index is -0.251. The van der Waals surface area contributed by atoms with Gasteiger partial charge in [-0.1, -0.05) is 0 Å². The molecule has 0 radical (unpaired) electrons. The van der Waals surface area contributed by atoms with Gasteiger partial charge in [-0.15, -0.1) is 0 Å². The zero-order valence-corrected chi connectivity index (χ0v) is 15.5. The molecule has 3 N–H and O–H groups in total. The van der Waals surface area contributed by atoms with Crippen molar-refractivity contribution in [3.63, 3.8) is 0 Å². The number of aryl methyl sites for hydroxylation is 1. The molecule has 0 aliphatic carbocycles. The highest BCUT2D eigenvalue weighted by Crippen LogP contribution is 2.23. The third-order valence-electron chi connectivity index (χ3n) is 5.31. The zero-order chi connectivity index (χ0) is 19.0. The molecule has 4 rings (SSSR count). The molecule has 3 heterocycles. The van der Waals surface area contributed by atoms with Gasteiger partial charge in [0.15, 0.2) is 0 Å². The summed E-state index contributed by atoms with van der Waals surface area (Å²) in [4.78, 5) is 31.7. The Hall–Kier alpha value is -2.87. The van der Waals surface area contributed by atoms with Crippen LogP contribution in [-0.2, 0) is 18.3 Å². The quantitative estimate of drug-likeness (QED) is 0.635. The maximum absolute atomic E-state index is 12.7. The fourth-order valence-electron chi connectivity index (χ4n) is 3.81. The number of rotatable bonds is 5. The van der Waals surface area contributed by atoms with E-state index < -0.39 is 0 Å². The lowest BCUT2D eigenvalue weighted by atomic mass is 10.0. The number of likely N-dealkylation sites (tertiary alicyclic amines) is 1. The predicted octanol–water partition coefficient (Wildman–Crippen LogP) is 1.48. The van der Waals surface area contributed by atoms with E-state index >= 15 is 0 Å². The number of amides is 1. The average Bonchev–Trinajstić information content (AvgIpc) is 3.34. The van der Waals surface area contributed by atoms with Crippen LogP contribution in [0.15, 0.2) is 35.4 Å². The molecule has 2 unspecified atom stereocenters. The maximum atomic E-state index is 12.7. The number of H-pyrrole nitrogens is 2. The first-order chi connectivity index (χ1) is 13.0. The van der Waals surface area contributed by atoms with Crippen molar-refractivity contribution in [2.75, 3.05) is 18.4 Å². The fourth-order valence-corrected chi connectivity index (χ4v) is 3.81. The van der Waals surface area contributed by atoms with E-state index in [0.29, 0.717) is 17.1 Å². The van der Waals surface area contributed by atoms with Crippen molar-refractivity contribution < 1.29 is 4.79 Å². The molecule has 27 heavy (non-hydrogen) atoms. The van der Waals surface area contributed by atoms with Crippen molar-refractivity contribution in [2.45, 2.75) is 25.8 Å². The second-order valence-corrected chi connectivity index (χ2v) is 7.38. The lowest BCUT2D eigenvalue weighted by Crippen LogP contribution is -2.40. The van der Waals surface area contributed by atoms with E-state index in [9.17, 15) is 9.59 Å². The summed E-state index contributed by atoms with van der Waals surface area (Å²) in [7, 11) is 1.93. The van der Waals surface area contributed by atoms with Gasteiger partial charge in [-0.3, -0.25) is 14.4 Å². The molecule has 3 aromatic rings. The normalized spacial score (nSPS) is 18.8. The minimum absolute atomic E-state index is 0.0331. The number of carbonyl (C=O) groups excluding carboxylic acids is 1. The second kappa shape index (κ2) is 7.03. The summed E-state index contributed by atoms with van der Waals surface area (Å²) < 4.78 is 1.83. The smallest absolute Gasteiger partial charge is 0.323 e. The van der Waals surface area contributed by atoms with E-state index in [1.807, 2.05) is 24.9 Å². The van der Waals surface area contributed by atoms with Crippen LogP contribution in [0.4, 0.5) is 5.69 Å². The van der Waals surface area contributed by atoms with E-state index in [-0.39, 0.29) is 17.6 Å². The predicted molar refractivity (Wildman–Crippen MR) is 104 cm³/mol.